The standard InChI is InChI=1S/C25H32N6O4/c1-8-19-22-23(31(13-14(2)33-6)15(3)24(32)30(22)5)29-25(28-19)27-17-9-10-18(20(11-17)34-7)21-12-26-16(4)35-21/h9-12,14-15H,8,13H2,1-7H3,(H,27,28,29). The second-order valence-electron chi connectivity index (χ2n) is 8.58. The zero-order chi connectivity index (χ0) is 25.3. The largest absolute Gasteiger partial charge is 0.496 e. The van der Waals surface area contributed by atoms with Gasteiger partial charge in [-0.05, 0) is 32.4 Å². The minimum atomic E-state index is -0.373. The number of rotatable bonds is 8. The summed E-state index contributed by atoms with van der Waals surface area (Å²) in [5.41, 5.74) is 3.08. The van der Waals surface area contributed by atoms with E-state index in [0.29, 0.717) is 42.1 Å². The second-order valence-corrected chi connectivity index (χ2v) is 8.58. The molecule has 0 spiro atoms. The van der Waals surface area contributed by atoms with Crippen molar-refractivity contribution in [3.63, 3.8) is 0 Å². The number of nitrogens with zero attached hydrogens (tertiary/aromatic N) is 5. The molecule has 1 aromatic carbocycles. The highest BCUT2D eigenvalue weighted by molar-refractivity contribution is 6.05. The van der Waals surface area contributed by atoms with Crippen molar-refractivity contribution in [1.82, 2.24) is 15.0 Å². The number of nitrogens with one attached hydrogen (secondary N) is 1. The summed E-state index contributed by atoms with van der Waals surface area (Å²) in [5.74, 6) is 3.00. The summed E-state index contributed by atoms with van der Waals surface area (Å²) in [5, 5.41) is 3.31. The van der Waals surface area contributed by atoms with Crippen molar-refractivity contribution in [2.75, 3.05) is 42.9 Å². The summed E-state index contributed by atoms with van der Waals surface area (Å²) in [6.07, 6.45) is 2.25. The van der Waals surface area contributed by atoms with Crippen LogP contribution in [0.3, 0.4) is 0 Å². The number of hydrogen-bond acceptors (Lipinski definition) is 9. The van der Waals surface area contributed by atoms with Gasteiger partial charge >= 0.3 is 0 Å². The fraction of sp³-hybridized carbons (Fsp3) is 0.440. The van der Waals surface area contributed by atoms with Crippen molar-refractivity contribution in [2.24, 2.45) is 0 Å². The van der Waals surface area contributed by atoms with Gasteiger partial charge in [0, 0.05) is 39.4 Å². The molecule has 4 rings (SSSR count). The molecule has 0 bridgehead atoms. The molecule has 1 N–H and O–H groups in total. The van der Waals surface area contributed by atoms with Crippen LogP contribution in [-0.2, 0) is 16.0 Å². The van der Waals surface area contributed by atoms with E-state index in [1.807, 2.05) is 43.9 Å². The molecule has 0 saturated carbocycles. The van der Waals surface area contributed by atoms with E-state index < -0.39 is 0 Å². The Balaban J connectivity index is 1.73. The van der Waals surface area contributed by atoms with Crippen LogP contribution in [0.5, 0.6) is 5.75 Å². The molecular formula is C25H32N6O4. The summed E-state index contributed by atoms with van der Waals surface area (Å²) in [7, 11) is 5.05. The van der Waals surface area contributed by atoms with Gasteiger partial charge in [-0.25, -0.2) is 9.97 Å². The predicted octanol–water partition coefficient (Wildman–Crippen LogP) is 3.96. The molecule has 1 aliphatic heterocycles. The SMILES string of the molecule is CCc1nc(Nc2ccc(-c3cnc(C)o3)c(OC)c2)nc2c1N(C)C(=O)C(C)N2CC(C)OC. The average Bonchev–Trinajstić information content (AvgIpc) is 3.30. The average molecular weight is 481 g/mol. The molecule has 1 amide bonds. The maximum Gasteiger partial charge on any atom is 0.249 e. The Morgan fingerprint density at radius 2 is 2.03 bits per heavy atom. The number of carbonyl (C=O) groups excluding carboxylic acids is 1. The molecule has 0 aliphatic carbocycles. The number of methoxy groups -OCH3 is 2. The van der Waals surface area contributed by atoms with E-state index in [-0.39, 0.29) is 18.1 Å². The monoisotopic (exact) mass is 480 g/mol. The number of oxazole rings is 1. The Bertz CT molecular complexity index is 1230. The highest BCUT2D eigenvalue weighted by Crippen LogP contribution is 2.38. The predicted molar refractivity (Wildman–Crippen MR) is 135 cm³/mol. The molecule has 3 aromatic rings. The lowest BCUT2D eigenvalue weighted by Gasteiger charge is -2.40. The number of hydrogen-bond donors (Lipinski definition) is 1. The summed E-state index contributed by atoms with van der Waals surface area (Å²) >= 11 is 0. The number of ether oxygens (including phenoxy) is 2. The highest BCUT2D eigenvalue weighted by atomic mass is 16.5. The van der Waals surface area contributed by atoms with E-state index in [1.54, 1.807) is 39.3 Å². The van der Waals surface area contributed by atoms with Gasteiger partial charge < -0.3 is 29.0 Å². The van der Waals surface area contributed by atoms with Gasteiger partial charge in [-0.15, -0.1) is 0 Å². The van der Waals surface area contributed by atoms with Crippen molar-refractivity contribution in [2.45, 2.75) is 46.3 Å². The molecule has 2 atom stereocenters. The van der Waals surface area contributed by atoms with Crippen molar-refractivity contribution in [1.29, 1.82) is 0 Å². The molecule has 1 aliphatic rings. The Labute approximate surface area is 205 Å². The lowest BCUT2D eigenvalue weighted by molar-refractivity contribution is -0.119. The Morgan fingerprint density at radius 1 is 1.26 bits per heavy atom. The fourth-order valence-electron chi connectivity index (χ4n) is 4.23. The van der Waals surface area contributed by atoms with E-state index >= 15 is 0 Å². The minimum Gasteiger partial charge on any atom is -0.496 e. The van der Waals surface area contributed by atoms with Crippen LogP contribution in [-0.4, -0.2) is 60.8 Å². The first kappa shape index (κ1) is 24.5. The number of likely N-dealkylation sites (N-methyl/N-ethyl adjacent to an activating group) is 1. The van der Waals surface area contributed by atoms with Crippen molar-refractivity contribution in [3.05, 3.63) is 36.0 Å². The number of benzene rings is 1. The molecular weight excluding hydrogens is 448 g/mol. The second kappa shape index (κ2) is 9.91. The van der Waals surface area contributed by atoms with Crippen LogP contribution in [0.25, 0.3) is 11.3 Å². The number of aryl methyl sites for hydroxylation is 2. The van der Waals surface area contributed by atoms with Gasteiger partial charge in [-0.2, -0.15) is 4.98 Å². The zero-order valence-electron chi connectivity index (χ0n) is 21.2. The van der Waals surface area contributed by atoms with Crippen molar-refractivity contribution >= 4 is 29.0 Å². The maximum absolute atomic E-state index is 13.0. The van der Waals surface area contributed by atoms with Gasteiger partial charge in [0.1, 0.15) is 17.5 Å². The number of carbonyl (C=O) groups is 1. The van der Waals surface area contributed by atoms with Gasteiger partial charge in [0.05, 0.1) is 30.7 Å². The zero-order valence-corrected chi connectivity index (χ0v) is 21.2. The van der Waals surface area contributed by atoms with Crippen LogP contribution in [0.1, 0.15) is 32.4 Å². The van der Waals surface area contributed by atoms with Gasteiger partial charge in [-0.3, -0.25) is 4.79 Å². The number of fused-ring (bicyclic) bond motifs is 1. The molecule has 0 saturated heterocycles. The fourth-order valence-corrected chi connectivity index (χ4v) is 4.23. The summed E-state index contributed by atoms with van der Waals surface area (Å²) < 4.78 is 16.7. The topological polar surface area (TPSA) is 106 Å². The summed E-state index contributed by atoms with van der Waals surface area (Å²) in [6, 6.07) is 5.31. The summed E-state index contributed by atoms with van der Waals surface area (Å²) in [4.78, 5) is 30.4. The first-order valence-corrected chi connectivity index (χ1v) is 11.6. The molecule has 0 fully saturated rings. The lowest BCUT2D eigenvalue weighted by atomic mass is 10.1. The molecule has 0 radical (unpaired) electrons. The molecule has 2 aromatic heterocycles. The van der Waals surface area contributed by atoms with Gasteiger partial charge in [-0.1, -0.05) is 6.92 Å². The quantitative estimate of drug-likeness (QED) is 0.513. The Kier molecular flexibility index (Phi) is 6.93. The van der Waals surface area contributed by atoms with E-state index in [9.17, 15) is 4.79 Å². The van der Waals surface area contributed by atoms with E-state index in [2.05, 4.69) is 10.3 Å². The van der Waals surface area contributed by atoms with Crippen LogP contribution in [0.4, 0.5) is 23.1 Å². The molecule has 2 unspecified atom stereocenters. The van der Waals surface area contributed by atoms with Crippen molar-refractivity contribution in [3.8, 4) is 17.1 Å². The van der Waals surface area contributed by atoms with Gasteiger partial charge in [0.2, 0.25) is 11.9 Å². The van der Waals surface area contributed by atoms with E-state index in [1.165, 1.54) is 0 Å². The molecule has 186 valence electrons. The molecule has 10 heteroatoms. The number of amides is 1. The molecule has 10 nitrogen and oxygen atoms in total. The van der Waals surface area contributed by atoms with Crippen molar-refractivity contribution < 1.29 is 18.7 Å². The van der Waals surface area contributed by atoms with Gasteiger partial charge in [0.25, 0.3) is 0 Å². The third-order valence-corrected chi connectivity index (χ3v) is 6.24. The smallest absolute Gasteiger partial charge is 0.249 e. The molecule has 35 heavy (non-hydrogen) atoms. The first-order chi connectivity index (χ1) is 16.8. The Hall–Kier alpha value is -3.66. The van der Waals surface area contributed by atoms with E-state index in [4.69, 9.17) is 23.9 Å². The lowest BCUT2D eigenvalue weighted by Crippen LogP contribution is -2.53. The van der Waals surface area contributed by atoms with Crippen LogP contribution in [0.15, 0.2) is 28.8 Å². The number of aromatic nitrogens is 3. The summed E-state index contributed by atoms with van der Waals surface area (Å²) in [6.45, 7) is 8.21. The van der Waals surface area contributed by atoms with Crippen LogP contribution >= 0.6 is 0 Å². The minimum absolute atomic E-state index is 0.00258. The molecule has 3 heterocycles. The van der Waals surface area contributed by atoms with Crippen LogP contribution in [0.2, 0.25) is 0 Å². The van der Waals surface area contributed by atoms with Crippen LogP contribution in [0, 0.1) is 6.92 Å². The normalized spacial score (nSPS) is 16.3. The highest BCUT2D eigenvalue weighted by Gasteiger charge is 2.37. The Morgan fingerprint density at radius 3 is 2.66 bits per heavy atom. The van der Waals surface area contributed by atoms with Crippen LogP contribution < -0.4 is 19.9 Å². The van der Waals surface area contributed by atoms with Gasteiger partial charge in [0.15, 0.2) is 17.5 Å². The third-order valence-electron chi connectivity index (χ3n) is 6.24. The third kappa shape index (κ3) is 4.66. The first-order valence-electron chi connectivity index (χ1n) is 11.6. The maximum atomic E-state index is 13.0. The number of anilines is 4. The van der Waals surface area contributed by atoms with E-state index in [0.717, 1.165) is 22.6 Å².